The van der Waals surface area contributed by atoms with E-state index in [4.69, 9.17) is 18.9 Å². The van der Waals surface area contributed by atoms with E-state index in [-0.39, 0.29) is 36.3 Å². The zero-order valence-corrected chi connectivity index (χ0v) is 31.3. The summed E-state index contributed by atoms with van der Waals surface area (Å²) < 4.78 is 23.5. The molecule has 2 rings (SSSR count). The van der Waals surface area contributed by atoms with Crippen molar-refractivity contribution in [3.05, 3.63) is 0 Å². The Hall–Kier alpha value is -0.930. The Balaban J connectivity index is 0.000000841. The first-order valence-electron chi connectivity index (χ1n) is 17.7. The van der Waals surface area contributed by atoms with Gasteiger partial charge in [0, 0.05) is 30.8 Å². The summed E-state index contributed by atoms with van der Waals surface area (Å²) in [6.07, 6.45) is -1.93. The summed E-state index contributed by atoms with van der Waals surface area (Å²) in [6.45, 7) is 18.3. The number of amides is 1. The van der Waals surface area contributed by atoms with Gasteiger partial charge in [0.05, 0.1) is 30.5 Å². The lowest BCUT2D eigenvalue weighted by Gasteiger charge is -2.40. The minimum Gasteiger partial charge on any atom is -0.391 e. The van der Waals surface area contributed by atoms with E-state index < -0.39 is 60.9 Å². The molecule has 2 saturated heterocycles. The van der Waals surface area contributed by atoms with E-state index in [1.54, 1.807) is 20.8 Å². The summed E-state index contributed by atoms with van der Waals surface area (Å²) in [4.78, 5) is 14.8. The Bertz CT molecular complexity index is 867. The fraction of sp³-hybridized carbons (Fsp3) is 0.971. The lowest BCUT2D eigenvalue weighted by atomic mass is 9.83. The van der Waals surface area contributed by atoms with Gasteiger partial charge in [-0.1, -0.05) is 41.5 Å². The molecule has 0 aromatic heterocycles. The van der Waals surface area contributed by atoms with Crippen LogP contribution in [0.25, 0.3) is 0 Å². The quantitative estimate of drug-likeness (QED) is 0.209. The van der Waals surface area contributed by atoms with Crippen LogP contribution in [0.4, 0.5) is 0 Å². The molecule has 2 heterocycles. The highest BCUT2D eigenvalue weighted by Crippen LogP contribution is 2.32. The number of rotatable bonds is 8. The van der Waals surface area contributed by atoms with Gasteiger partial charge in [-0.3, -0.25) is 4.79 Å². The highest BCUT2D eigenvalue weighted by molar-refractivity contribution is 5.78. The topological polar surface area (TPSA) is 170 Å². The lowest BCUT2D eigenvalue weighted by molar-refractivity contribution is -0.267. The number of aliphatic hydroxyl groups is 5. The molecule has 0 saturated carbocycles. The Morgan fingerprint density at radius 1 is 1.00 bits per heavy atom. The van der Waals surface area contributed by atoms with Crippen LogP contribution in [0.2, 0.25) is 0 Å². The number of hydrogen-bond acceptors (Lipinski definition) is 11. The Kier molecular flexibility index (Phi) is 19.4. The average Bonchev–Trinajstić information content (AvgIpc) is 2.98. The fourth-order valence-electron chi connectivity index (χ4n) is 6.51. The van der Waals surface area contributed by atoms with Gasteiger partial charge in [0.2, 0.25) is 5.91 Å². The summed E-state index contributed by atoms with van der Waals surface area (Å²) >= 11 is 0. The lowest BCUT2D eigenvalue weighted by Crippen LogP contribution is -2.56. The molecule has 0 radical (unpaired) electrons. The van der Waals surface area contributed by atoms with Crippen LogP contribution >= 0.6 is 0 Å². The van der Waals surface area contributed by atoms with Crippen LogP contribution in [-0.2, 0) is 23.7 Å². The molecule has 2 aliphatic rings. The van der Waals surface area contributed by atoms with Gasteiger partial charge in [-0.25, -0.2) is 0 Å². The first-order chi connectivity index (χ1) is 21.7. The SMILES string of the molecule is CC1CC(N(C)C)CC(O)O1.CCC1OC(O)C(C)C(O[C@@H](CC)OC(C)[C@@H](C)O)C(C)CC(C)CC(C)C(=O)NC[C@@H](O)[C@]1(C)O. The van der Waals surface area contributed by atoms with Crippen molar-refractivity contribution in [2.45, 2.75) is 175 Å². The van der Waals surface area contributed by atoms with Crippen molar-refractivity contribution in [1.29, 1.82) is 0 Å². The van der Waals surface area contributed by atoms with E-state index >= 15 is 0 Å². The van der Waals surface area contributed by atoms with E-state index in [9.17, 15) is 30.3 Å². The zero-order chi connectivity index (χ0) is 36.2. The van der Waals surface area contributed by atoms with Crippen molar-refractivity contribution < 1.29 is 49.3 Å². The maximum absolute atomic E-state index is 12.7. The molecule has 0 aromatic carbocycles. The van der Waals surface area contributed by atoms with Crippen LogP contribution < -0.4 is 5.32 Å². The molecular formula is C35H70N2O10. The van der Waals surface area contributed by atoms with Gasteiger partial charge in [-0.2, -0.15) is 0 Å². The van der Waals surface area contributed by atoms with Gasteiger partial charge in [-0.15, -0.1) is 0 Å². The predicted molar refractivity (Wildman–Crippen MR) is 181 cm³/mol. The summed E-state index contributed by atoms with van der Waals surface area (Å²) in [7, 11) is 4.07. The molecule has 0 aromatic rings. The highest BCUT2D eigenvalue weighted by atomic mass is 16.7. The molecule has 12 nitrogen and oxygen atoms in total. The van der Waals surface area contributed by atoms with Crippen molar-refractivity contribution >= 4 is 5.91 Å². The first kappa shape index (κ1) is 44.1. The normalized spacial score (nSPS) is 40.2. The van der Waals surface area contributed by atoms with Gasteiger partial charge < -0.3 is 54.7 Å². The number of aliphatic hydroxyl groups excluding tert-OH is 4. The Labute approximate surface area is 284 Å². The van der Waals surface area contributed by atoms with Gasteiger partial charge in [0.1, 0.15) is 11.7 Å². The molecule has 6 N–H and O–H groups in total. The van der Waals surface area contributed by atoms with Crippen molar-refractivity contribution in [3.63, 3.8) is 0 Å². The Morgan fingerprint density at radius 3 is 2.13 bits per heavy atom. The number of nitrogens with zero attached hydrogens (tertiary/aromatic N) is 1. The summed E-state index contributed by atoms with van der Waals surface area (Å²) in [6, 6.07) is 0.466. The van der Waals surface area contributed by atoms with Gasteiger partial charge in [0.25, 0.3) is 0 Å². The first-order valence-corrected chi connectivity index (χ1v) is 17.7. The third kappa shape index (κ3) is 14.4. The van der Waals surface area contributed by atoms with Crippen LogP contribution in [0.15, 0.2) is 0 Å². The molecule has 0 bridgehead atoms. The summed E-state index contributed by atoms with van der Waals surface area (Å²) in [5.74, 6) is -0.763. The summed E-state index contributed by atoms with van der Waals surface area (Å²) in [5.41, 5.74) is -1.71. The molecule has 47 heavy (non-hydrogen) atoms. The number of carbonyl (C=O) groups excluding carboxylic acids is 1. The van der Waals surface area contributed by atoms with E-state index in [0.29, 0.717) is 25.3 Å². The van der Waals surface area contributed by atoms with E-state index in [1.165, 1.54) is 6.92 Å². The van der Waals surface area contributed by atoms with Crippen LogP contribution in [0, 0.1) is 23.7 Å². The number of carbonyl (C=O) groups is 1. The van der Waals surface area contributed by atoms with Crippen molar-refractivity contribution in [2.24, 2.45) is 23.7 Å². The predicted octanol–water partition coefficient (Wildman–Crippen LogP) is 3.01. The minimum absolute atomic E-state index is 0.0145. The second kappa shape index (κ2) is 20.7. The average molecular weight is 679 g/mol. The second-order valence-electron chi connectivity index (χ2n) is 14.7. The number of nitrogens with one attached hydrogen (secondary N) is 1. The number of β-amino-alcohol motifs (C(OH)–C–C–N with tert-alkyl or cyclic N) is 1. The number of hydrogen-bond donors (Lipinski definition) is 6. The third-order valence-corrected chi connectivity index (χ3v) is 9.86. The van der Waals surface area contributed by atoms with Crippen LogP contribution in [0.3, 0.4) is 0 Å². The molecule has 2 aliphatic heterocycles. The smallest absolute Gasteiger partial charge is 0.222 e. The van der Waals surface area contributed by atoms with Crippen LogP contribution in [-0.4, -0.2) is 124 Å². The second-order valence-corrected chi connectivity index (χ2v) is 14.7. The van der Waals surface area contributed by atoms with E-state index in [1.807, 2.05) is 41.8 Å². The molecule has 1 amide bonds. The molecule has 0 aliphatic carbocycles. The number of ether oxygens (including phenoxy) is 4. The molecule has 12 heteroatoms. The van der Waals surface area contributed by atoms with Crippen LogP contribution in [0.1, 0.15) is 108 Å². The standard InChI is InChI=1S/C27H53NO8.C8H17NO2/c1-10-22-27(9,33)21(30)14-28-25(31)17(5)13-15(3)12-16(4)24(18(6)26(32)35-22)36-23(11-2)34-20(8)19(7)29;1-6-4-7(9(2)3)5-8(10)11-6/h15-24,26,29-30,32-33H,10-14H2,1-9H3,(H,28,31);6-8,10H,4-5H2,1-3H3/t15?,16?,17?,18?,19-,20?,21-,22?,23+,24?,26?,27+;/m1./s1. The molecular weight excluding hydrogens is 608 g/mol. The maximum atomic E-state index is 12.7. The van der Waals surface area contributed by atoms with Gasteiger partial charge in [0.15, 0.2) is 18.9 Å². The van der Waals surface area contributed by atoms with Crippen molar-refractivity contribution in [1.82, 2.24) is 10.2 Å². The van der Waals surface area contributed by atoms with Crippen LogP contribution in [0.5, 0.6) is 0 Å². The van der Waals surface area contributed by atoms with E-state index in [2.05, 4.69) is 24.1 Å². The van der Waals surface area contributed by atoms with E-state index in [0.717, 1.165) is 19.3 Å². The van der Waals surface area contributed by atoms with Gasteiger partial charge >= 0.3 is 0 Å². The molecule has 15 atom stereocenters. The Morgan fingerprint density at radius 2 is 1.62 bits per heavy atom. The highest BCUT2D eigenvalue weighted by Gasteiger charge is 2.43. The fourth-order valence-corrected chi connectivity index (χ4v) is 6.51. The van der Waals surface area contributed by atoms with Crippen molar-refractivity contribution in [3.8, 4) is 0 Å². The third-order valence-electron chi connectivity index (χ3n) is 9.86. The summed E-state index contributed by atoms with van der Waals surface area (Å²) in [5, 5.41) is 54.8. The van der Waals surface area contributed by atoms with Gasteiger partial charge in [-0.05, 0) is 85.7 Å². The molecule has 280 valence electrons. The largest absolute Gasteiger partial charge is 0.391 e. The maximum Gasteiger partial charge on any atom is 0.222 e. The van der Waals surface area contributed by atoms with Crippen molar-refractivity contribution in [2.75, 3.05) is 20.6 Å². The minimum atomic E-state index is -1.71. The molecule has 11 unspecified atom stereocenters. The monoisotopic (exact) mass is 679 g/mol. The molecule has 0 spiro atoms. The molecule has 2 fully saturated rings. The zero-order valence-electron chi connectivity index (χ0n) is 31.3.